The monoisotopic (exact) mass is 179 g/mol. The van der Waals surface area contributed by atoms with E-state index in [1.807, 2.05) is 11.8 Å². The molecule has 0 saturated heterocycles. The van der Waals surface area contributed by atoms with Gasteiger partial charge in [0.05, 0.1) is 0 Å². The van der Waals surface area contributed by atoms with Crippen LogP contribution in [-0.2, 0) is 6.54 Å². The minimum atomic E-state index is 0.627. The van der Waals surface area contributed by atoms with Gasteiger partial charge < -0.3 is 5.32 Å². The van der Waals surface area contributed by atoms with E-state index in [1.165, 1.54) is 16.2 Å². The number of hydrogen-bond acceptors (Lipinski definition) is 2. The van der Waals surface area contributed by atoms with Gasteiger partial charge in [-0.2, -0.15) is 0 Å². The summed E-state index contributed by atoms with van der Waals surface area (Å²) in [6.07, 6.45) is 0. The van der Waals surface area contributed by atoms with Gasteiger partial charge in [0.15, 0.2) is 0 Å². The van der Waals surface area contributed by atoms with Crippen molar-refractivity contribution in [1.29, 1.82) is 0 Å². The fraction of sp³-hybridized carbons (Fsp3) is 0.400. The van der Waals surface area contributed by atoms with Crippen LogP contribution in [0.25, 0.3) is 0 Å². The molecule has 64 valence electrons. The van der Waals surface area contributed by atoms with Crippen molar-refractivity contribution in [2.45, 2.75) is 24.4 Å². The van der Waals surface area contributed by atoms with E-state index in [9.17, 15) is 0 Å². The van der Waals surface area contributed by atoms with Gasteiger partial charge in [-0.25, -0.2) is 0 Å². The first-order chi connectivity index (χ1) is 5.86. The van der Waals surface area contributed by atoms with Gasteiger partial charge >= 0.3 is 0 Å². The fourth-order valence-electron chi connectivity index (χ4n) is 1.35. The van der Waals surface area contributed by atoms with E-state index in [2.05, 4.69) is 36.5 Å². The lowest BCUT2D eigenvalue weighted by molar-refractivity contribution is 0.598. The lowest BCUT2D eigenvalue weighted by Gasteiger charge is -2.06. The highest BCUT2D eigenvalue weighted by molar-refractivity contribution is 7.99. The first-order valence-electron chi connectivity index (χ1n) is 4.30. The number of benzene rings is 1. The average molecular weight is 179 g/mol. The van der Waals surface area contributed by atoms with Gasteiger partial charge in [-0.05, 0) is 18.6 Å². The summed E-state index contributed by atoms with van der Waals surface area (Å²) in [6, 6.07) is 9.26. The summed E-state index contributed by atoms with van der Waals surface area (Å²) in [4.78, 5) is 1.44. The predicted molar refractivity (Wildman–Crippen MR) is 53.5 cm³/mol. The van der Waals surface area contributed by atoms with Crippen molar-refractivity contribution < 1.29 is 0 Å². The first-order valence-corrected chi connectivity index (χ1v) is 5.29. The Morgan fingerprint density at radius 3 is 3.17 bits per heavy atom. The molecule has 0 radical (unpaired) electrons. The molecule has 0 unspecified atom stereocenters. The number of thioether (sulfide) groups is 1. The number of hydrogen-bond donors (Lipinski definition) is 1. The zero-order valence-electron chi connectivity index (χ0n) is 7.21. The maximum absolute atomic E-state index is 3.48. The molecule has 1 aliphatic rings. The van der Waals surface area contributed by atoms with E-state index >= 15 is 0 Å². The van der Waals surface area contributed by atoms with Crippen molar-refractivity contribution >= 4 is 11.8 Å². The molecule has 2 heteroatoms. The van der Waals surface area contributed by atoms with Crippen LogP contribution in [0.5, 0.6) is 0 Å². The standard InChI is InChI=1S/C10H13NS/c1-8-7-12-10-5-3-2-4-9(10)6-11-8/h2-5,8,11H,6-7H2,1H3/t8-/m1/s1. The molecule has 12 heavy (non-hydrogen) atoms. The molecule has 1 atom stereocenters. The Labute approximate surface area is 77.6 Å². The highest BCUT2D eigenvalue weighted by atomic mass is 32.2. The Kier molecular flexibility index (Phi) is 2.38. The minimum absolute atomic E-state index is 0.627. The third kappa shape index (κ3) is 1.65. The van der Waals surface area contributed by atoms with E-state index in [4.69, 9.17) is 0 Å². The van der Waals surface area contributed by atoms with Gasteiger partial charge in [-0.1, -0.05) is 18.2 Å². The molecule has 0 spiro atoms. The second-order valence-corrected chi connectivity index (χ2v) is 4.26. The zero-order chi connectivity index (χ0) is 8.39. The molecule has 1 aromatic rings. The molecule has 1 N–H and O–H groups in total. The highest BCUT2D eigenvalue weighted by Gasteiger charge is 2.10. The molecule has 1 aliphatic heterocycles. The van der Waals surface area contributed by atoms with Crippen LogP contribution in [0.15, 0.2) is 29.2 Å². The smallest absolute Gasteiger partial charge is 0.0219 e. The maximum Gasteiger partial charge on any atom is 0.0219 e. The first kappa shape index (κ1) is 8.14. The van der Waals surface area contributed by atoms with Crippen LogP contribution in [0, 0.1) is 0 Å². The lowest BCUT2D eigenvalue weighted by Crippen LogP contribution is -2.25. The Balaban J connectivity index is 2.26. The minimum Gasteiger partial charge on any atom is -0.309 e. The summed E-state index contributed by atoms with van der Waals surface area (Å²) < 4.78 is 0. The molecule has 1 nitrogen and oxygen atoms in total. The molecular weight excluding hydrogens is 166 g/mol. The molecule has 0 bridgehead atoms. The summed E-state index contributed by atoms with van der Waals surface area (Å²) in [7, 11) is 0. The Bertz CT molecular complexity index is 245. The maximum atomic E-state index is 3.48. The molecular formula is C10H13NS. The van der Waals surface area contributed by atoms with Gasteiger partial charge in [0.25, 0.3) is 0 Å². The van der Waals surface area contributed by atoms with Crippen LogP contribution in [0.1, 0.15) is 12.5 Å². The predicted octanol–water partition coefficient (Wildman–Crippen LogP) is 2.27. The topological polar surface area (TPSA) is 12.0 Å². The van der Waals surface area contributed by atoms with Crippen LogP contribution in [0.2, 0.25) is 0 Å². The van der Waals surface area contributed by atoms with Crippen LogP contribution in [0.3, 0.4) is 0 Å². The number of fused-ring (bicyclic) bond motifs is 1. The van der Waals surface area contributed by atoms with Crippen molar-refractivity contribution in [2.24, 2.45) is 0 Å². The van der Waals surface area contributed by atoms with Crippen molar-refractivity contribution in [3.63, 3.8) is 0 Å². The van der Waals surface area contributed by atoms with E-state index in [-0.39, 0.29) is 0 Å². The molecule has 0 amide bonds. The van der Waals surface area contributed by atoms with Crippen LogP contribution < -0.4 is 5.32 Å². The van der Waals surface area contributed by atoms with Crippen LogP contribution in [-0.4, -0.2) is 11.8 Å². The van der Waals surface area contributed by atoms with Crippen molar-refractivity contribution in [3.05, 3.63) is 29.8 Å². The molecule has 0 aromatic heterocycles. The van der Waals surface area contributed by atoms with Gasteiger partial charge in [0.1, 0.15) is 0 Å². The van der Waals surface area contributed by atoms with Crippen molar-refractivity contribution in [3.8, 4) is 0 Å². The number of nitrogens with one attached hydrogen (secondary N) is 1. The summed E-state index contributed by atoms with van der Waals surface area (Å²) in [5.41, 5.74) is 1.44. The highest BCUT2D eigenvalue weighted by Crippen LogP contribution is 2.25. The van der Waals surface area contributed by atoms with Gasteiger partial charge in [-0.15, -0.1) is 11.8 Å². The SMILES string of the molecule is C[C@@H]1CSc2ccccc2CN1. The van der Waals surface area contributed by atoms with Gasteiger partial charge in [-0.3, -0.25) is 0 Å². The van der Waals surface area contributed by atoms with E-state index in [0.29, 0.717) is 6.04 Å². The quantitative estimate of drug-likeness (QED) is 0.655. The third-order valence-electron chi connectivity index (χ3n) is 2.10. The van der Waals surface area contributed by atoms with Crippen LogP contribution in [0.4, 0.5) is 0 Å². The van der Waals surface area contributed by atoms with E-state index in [1.54, 1.807) is 0 Å². The fourth-order valence-corrected chi connectivity index (χ4v) is 2.40. The Morgan fingerprint density at radius 2 is 2.25 bits per heavy atom. The molecule has 1 heterocycles. The second kappa shape index (κ2) is 3.50. The Hall–Kier alpha value is -0.470. The zero-order valence-corrected chi connectivity index (χ0v) is 8.03. The molecule has 0 aliphatic carbocycles. The summed E-state index contributed by atoms with van der Waals surface area (Å²) in [5.74, 6) is 1.18. The van der Waals surface area contributed by atoms with E-state index in [0.717, 1.165) is 6.54 Å². The normalized spacial score (nSPS) is 22.9. The summed E-state index contributed by atoms with van der Waals surface area (Å²) >= 11 is 1.96. The van der Waals surface area contributed by atoms with Gasteiger partial charge in [0.2, 0.25) is 0 Å². The Morgan fingerprint density at radius 1 is 1.42 bits per heavy atom. The molecule has 0 fully saturated rings. The van der Waals surface area contributed by atoms with Crippen molar-refractivity contribution in [1.82, 2.24) is 5.32 Å². The summed E-state index contributed by atoms with van der Waals surface area (Å²) in [5, 5.41) is 3.48. The lowest BCUT2D eigenvalue weighted by atomic mass is 10.2. The summed E-state index contributed by atoms with van der Waals surface area (Å²) in [6.45, 7) is 3.25. The van der Waals surface area contributed by atoms with Gasteiger partial charge in [0, 0.05) is 23.2 Å². The molecule has 0 saturated carbocycles. The molecule has 1 aromatic carbocycles. The largest absolute Gasteiger partial charge is 0.309 e. The third-order valence-corrected chi connectivity index (χ3v) is 3.48. The average Bonchev–Trinajstić information content (AvgIpc) is 2.29. The molecule has 2 rings (SSSR count). The van der Waals surface area contributed by atoms with E-state index < -0.39 is 0 Å². The number of rotatable bonds is 0. The van der Waals surface area contributed by atoms with Crippen LogP contribution >= 0.6 is 11.8 Å². The second-order valence-electron chi connectivity index (χ2n) is 3.20. The van der Waals surface area contributed by atoms with Crippen molar-refractivity contribution in [2.75, 3.05) is 5.75 Å².